The second-order valence-corrected chi connectivity index (χ2v) is 4.54. The molecule has 0 spiro atoms. The molecule has 0 heterocycles. The van der Waals surface area contributed by atoms with Crippen LogP contribution in [0.15, 0.2) is 22.7 Å². The third-order valence-corrected chi connectivity index (χ3v) is 2.76. The molecule has 3 nitrogen and oxygen atoms in total. The smallest absolute Gasteiger partial charge is 0.231 e. The fraction of sp³-hybridized carbons (Fsp3) is 0.273. The first-order valence-electron chi connectivity index (χ1n) is 4.66. The monoisotopic (exact) mass is 303 g/mol. The molecule has 1 aromatic rings. The Morgan fingerprint density at radius 1 is 1.44 bits per heavy atom. The number of carbonyl (C=O) groups excluding carboxylic acids is 2. The molecule has 0 fully saturated rings. The lowest BCUT2D eigenvalue weighted by molar-refractivity contribution is -0.124. The highest BCUT2D eigenvalue weighted by molar-refractivity contribution is 9.10. The second-order valence-electron chi connectivity index (χ2n) is 3.36. The molecule has 1 amide bonds. The van der Waals surface area contributed by atoms with Crippen molar-refractivity contribution in [1.29, 1.82) is 0 Å². The van der Waals surface area contributed by atoms with E-state index in [1.807, 2.05) is 19.1 Å². The number of rotatable bonds is 4. The van der Waals surface area contributed by atoms with Crippen LogP contribution in [0.3, 0.4) is 0 Å². The summed E-state index contributed by atoms with van der Waals surface area (Å²) in [5, 5.41) is 2.66. The Bertz CT molecular complexity index is 420. The van der Waals surface area contributed by atoms with E-state index in [9.17, 15) is 9.59 Å². The van der Waals surface area contributed by atoms with Crippen LogP contribution in [-0.2, 0) is 9.59 Å². The van der Waals surface area contributed by atoms with E-state index in [2.05, 4.69) is 21.2 Å². The maximum Gasteiger partial charge on any atom is 0.231 e. The third-order valence-electron chi connectivity index (χ3n) is 1.97. The first-order chi connectivity index (χ1) is 7.52. The lowest BCUT2D eigenvalue weighted by atomic mass is 10.2. The van der Waals surface area contributed by atoms with Gasteiger partial charge in [-0.05, 0) is 30.7 Å². The standard InChI is InChI=1S/C11H11BrClNO2/c1-7-4-8(12)2-3-10(7)14-11(16)5-9(15)6-13/h2-4H,5-6H2,1H3,(H,14,16). The van der Waals surface area contributed by atoms with Gasteiger partial charge in [0.25, 0.3) is 0 Å². The molecule has 16 heavy (non-hydrogen) atoms. The van der Waals surface area contributed by atoms with Crippen molar-refractivity contribution in [3.8, 4) is 0 Å². The summed E-state index contributed by atoms with van der Waals surface area (Å²) < 4.78 is 0.944. The zero-order valence-electron chi connectivity index (χ0n) is 8.72. The number of halogens is 2. The fourth-order valence-electron chi connectivity index (χ4n) is 1.19. The predicted molar refractivity (Wildman–Crippen MR) is 67.9 cm³/mol. The van der Waals surface area contributed by atoms with Gasteiger partial charge in [0.05, 0.1) is 12.3 Å². The summed E-state index contributed by atoms with van der Waals surface area (Å²) in [6.07, 6.45) is -0.182. The van der Waals surface area contributed by atoms with Crippen LogP contribution in [0.1, 0.15) is 12.0 Å². The van der Waals surface area contributed by atoms with Crippen LogP contribution in [0.5, 0.6) is 0 Å². The minimum absolute atomic E-state index is 0.132. The second kappa shape index (κ2) is 6.01. The van der Waals surface area contributed by atoms with Gasteiger partial charge >= 0.3 is 0 Å². The summed E-state index contributed by atoms with van der Waals surface area (Å²) in [6, 6.07) is 5.49. The Morgan fingerprint density at radius 3 is 2.69 bits per heavy atom. The van der Waals surface area contributed by atoms with E-state index in [4.69, 9.17) is 11.6 Å². The molecular weight excluding hydrogens is 293 g/mol. The molecule has 1 rings (SSSR count). The summed E-state index contributed by atoms with van der Waals surface area (Å²) in [5.41, 5.74) is 1.64. The number of carbonyl (C=O) groups is 2. The lowest BCUT2D eigenvalue weighted by Crippen LogP contribution is -2.17. The number of ketones is 1. The Balaban J connectivity index is 2.66. The van der Waals surface area contributed by atoms with E-state index in [1.54, 1.807) is 6.07 Å². The van der Waals surface area contributed by atoms with Crippen molar-refractivity contribution in [2.24, 2.45) is 0 Å². The van der Waals surface area contributed by atoms with Crippen molar-refractivity contribution in [1.82, 2.24) is 0 Å². The van der Waals surface area contributed by atoms with Crippen molar-refractivity contribution in [2.75, 3.05) is 11.2 Å². The Hall–Kier alpha value is -0.870. The number of alkyl halides is 1. The number of aryl methyl sites for hydroxylation is 1. The summed E-state index contributed by atoms with van der Waals surface area (Å²) in [7, 11) is 0. The molecule has 1 aromatic carbocycles. The van der Waals surface area contributed by atoms with E-state index < -0.39 is 0 Å². The highest BCUT2D eigenvalue weighted by Gasteiger charge is 2.09. The van der Waals surface area contributed by atoms with Crippen LogP contribution < -0.4 is 5.32 Å². The van der Waals surface area contributed by atoms with Gasteiger partial charge in [0, 0.05) is 10.2 Å². The van der Waals surface area contributed by atoms with Crippen LogP contribution in [0, 0.1) is 6.92 Å². The molecule has 0 aliphatic rings. The van der Waals surface area contributed by atoms with Crippen molar-refractivity contribution in [2.45, 2.75) is 13.3 Å². The lowest BCUT2D eigenvalue weighted by Gasteiger charge is -2.07. The highest BCUT2D eigenvalue weighted by Crippen LogP contribution is 2.20. The van der Waals surface area contributed by atoms with Gasteiger partial charge in [0.1, 0.15) is 0 Å². The largest absolute Gasteiger partial charge is 0.325 e. The van der Waals surface area contributed by atoms with Gasteiger partial charge in [-0.3, -0.25) is 9.59 Å². The molecule has 0 aliphatic heterocycles. The minimum Gasteiger partial charge on any atom is -0.325 e. The quantitative estimate of drug-likeness (QED) is 0.687. The summed E-state index contributed by atoms with van der Waals surface area (Å²) in [5.74, 6) is -0.753. The molecular formula is C11H11BrClNO2. The van der Waals surface area contributed by atoms with Crippen molar-refractivity contribution in [3.05, 3.63) is 28.2 Å². The van der Waals surface area contributed by atoms with Gasteiger partial charge in [-0.2, -0.15) is 0 Å². The number of anilines is 1. The van der Waals surface area contributed by atoms with Crippen LogP contribution in [-0.4, -0.2) is 17.6 Å². The van der Waals surface area contributed by atoms with Crippen LogP contribution in [0.25, 0.3) is 0 Å². The third kappa shape index (κ3) is 3.94. The summed E-state index contributed by atoms with van der Waals surface area (Å²) in [6.45, 7) is 1.88. The van der Waals surface area contributed by atoms with E-state index in [0.717, 1.165) is 10.0 Å². The first kappa shape index (κ1) is 13.2. The molecule has 0 bridgehead atoms. The SMILES string of the molecule is Cc1cc(Br)ccc1NC(=O)CC(=O)CCl. The van der Waals surface area contributed by atoms with Crippen molar-refractivity contribution < 1.29 is 9.59 Å². The molecule has 0 saturated heterocycles. The molecule has 0 saturated carbocycles. The van der Waals surface area contributed by atoms with Gasteiger partial charge < -0.3 is 5.32 Å². The van der Waals surface area contributed by atoms with Gasteiger partial charge in [-0.15, -0.1) is 11.6 Å². The fourth-order valence-corrected chi connectivity index (χ4v) is 1.76. The number of Topliss-reactive ketones (excluding diaryl/α,β-unsaturated/α-hetero) is 1. The predicted octanol–water partition coefficient (Wildman–Crippen LogP) is 2.89. The molecule has 0 aromatic heterocycles. The number of amides is 1. The van der Waals surface area contributed by atoms with Crippen LogP contribution in [0.4, 0.5) is 5.69 Å². The topological polar surface area (TPSA) is 46.2 Å². The average molecular weight is 305 g/mol. The maximum absolute atomic E-state index is 11.4. The zero-order chi connectivity index (χ0) is 12.1. The van der Waals surface area contributed by atoms with E-state index >= 15 is 0 Å². The molecule has 86 valence electrons. The maximum atomic E-state index is 11.4. The highest BCUT2D eigenvalue weighted by atomic mass is 79.9. The van der Waals surface area contributed by atoms with E-state index in [0.29, 0.717) is 5.69 Å². The first-order valence-corrected chi connectivity index (χ1v) is 5.99. The molecule has 1 N–H and O–H groups in total. The number of nitrogens with one attached hydrogen (secondary N) is 1. The number of benzene rings is 1. The van der Waals surface area contributed by atoms with Crippen molar-refractivity contribution in [3.63, 3.8) is 0 Å². The van der Waals surface area contributed by atoms with Crippen LogP contribution >= 0.6 is 27.5 Å². The van der Waals surface area contributed by atoms with Crippen LogP contribution in [0.2, 0.25) is 0 Å². The normalized spacial score (nSPS) is 9.94. The minimum atomic E-state index is -0.337. The number of hydrogen-bond donors (Lipinski definition) is 1. The number of hydrogen-bond acceptors (Lipinski definition) is 2. The van der Waals surface area contributed by atoms with Gasteiger partial charge in [-0.1, -0.05) is 15.9 Å². The van der Waals surface area contributed by atoms with Gasteiger partial charge in [-0.25, -0.2) is 0 Å². The van der Waals surface area contributed by atoms with E-state index in [-0.39, 0.29) is 24.0 Å². The Kier molecular flexibility index (Phi) is 4.96. The van der Waals surface area contributed by atoms with Crippen molar-refractivity contribution >= 4 is 44.9 Å². The van der Waals surface area contributed by atoms with Gasteiger partial charge in [0.2, 0.25) is 5.91 Å². The molecule has 0 aliphatic carbocycles. The Labute approximate surface area is 107 Å². The van der Waals surface area contributed by atoms with Gasteiger partial charge in [0.15, 0.2) is 5.78 Å². The Morgan fingerprint density at radius 2 is 2.12 bits per heavy atom. The molecule has 5 heteroatoms. The van der Waals surface area contributed by atoms with E-state index in [1.165, 1.54) is 0 Å². The summed E-state index contributed by atoms with van der Waals surface area (Å²) >= 11 is 8.65. The summed E-state index contributed by atoms with van der Waals surface area (Å²) in [4.78, 5) is 22.4. The zero-order valence-corrected chi connectivity index (χ0v) is 11.1. The molecule has 0 atom stereocenters. The molecule has 0 radical (unpaired) electrons. The average Bonchev–Trinajstić information content (AvgIpc) is 2.22. The molecule has 0 unspecified atom stereocenters.